The van der Waals surface area contributed by atoms with E-state index < -0.39 is 30.0 Å². The summed E-state index contributed by atoms with van der Waals surface area (Å²) in [6.07, 6.45) is 3.00. The van der Waals surface area contributed by atoms with Crippen LogP contribution in [0.2, 0.25) is 0 Å². The summed E-state index contributed by atoms with van der Waals surface area (Å²) in [6.45, 7) is 10.4. The molecule has 0 saturated heterocycles. The van der Waals surface area contributed by atoms with Crippen LogP contribution in [0.5, 0.6) is 0 Å². The van der Waals surface area contributed by atoms with Crippen molar-refractivity contribution in [3.8, 4) is 0 Å². The summed E-state index contributed by atoms with van der Waals surface area (Å²) in [5.74, 6) is -2.66. The first-order chi connectivity index (χ1) is 13.0. The highest BCUT2D eigenvalue weighted by molar-refractivity contribution is 5.92. The number of rotatable bonds is 11. The van der Waals surface area contributed by atoms with Crippen LogP contribution < -0.4 is 0 Å². The van der Waals surface area contributed by atoms with Crippen LogP contribution in [0.25, 0.3) is 0 Å². The maximum Gasteiger partial charge on any atom is 0.331 e. The van der Waals surface area contributed by atoms with Gasteiger partial charge in [0.2, 0.25) is 0 Å². The van der Waals surface area contributed by atoms with Crippen LogP contribution in [0.3, 0.4) is 0 Å². The normalized spacial score (nSPS) is 12.6. The van der Waals surface area contributed by atoms with Gasteiger partial charge in [-0.05, 0) is 40.0 Å². The predicted octanol–water partition coefficient (Wildman–Crippen LogP) is 2.50. The summed E-state index contributed by atoms with van der Waals surface area (Å²) in [5, 5.41) is 0. The number of carbonyl (C=O) groups excluding carboxylic acids is 4. The standard InChI is InChI=1S/C20H30O8/c1-13(2)11-16(28-20(24)10-9-19(23)27-15(5)6)12-25-17(21)7-8-18(22)26-14(3)4/h7-10,13-16H,11-12H2,1-6H3/b8-7+,10-9+. The van der Waals surface area contributed by atoms with Crippen molar-refractivity contribution in [2.75, 3.05) is 6.61 Å². The highest BCUT2D eigenvalue weighted by Gasteiger charge is 2.17. The minimum atomic E-state index is -0.762. The van der Waals surface area contributed by atoms with Gasteiger partial charge in [-0.1, -0.05) is 13.8 Å². The average Bonchev–Trinajstić information content (AvgIpc) is 2.54. The fraction of sp³-hybridized carbons (Fsp3) is 0.600. The van der Waals surface area contributed by atoms with E-state index in [4.69, 9.17) is 18.9 Å². The van der Waals surface area contributed by atoms with Crippen molar-refractivity contribution < 1.29 is 38.1 Å². The third kappa shape index (κ3) is 14.5. The molecule has 0 aromatic carbocycles. The van der Waals surface area contributed by atoms with E-state index in [-0.39, 0.29) is 24.7 Å². The lowest BCUT2D eigenvalue weighted by molar-refractivity contribution is -0.153. The second kappa shape index (κ2) is 13.5. The van der Waals surface area contributed by atoms with Crippen molar-refractivity contribution in [3.05, 3.63) is 24.3 Å². The molecule has 28 heavy (non-hydrogen) atoms. The Kier molecular flexibility index (Phi) is 12.2. The van der Waals surface area contributed by atoms with Crippen LogP contribution in [0, 0.1) is 5.92 Å². The highest BCUT2D eigenvalue weighted by Crippen LogP contribution is 2.10. The molecule has 1 atom stereocenters. The molecule has 0 heterocycles. The lowest BCUT2D eigenvalue weighted by atomic mass is 10.1. The van der Waals surface area contributed by atoms with E-state index in [9.17, 15) is 19.2 Å². The van der Waals surface area contributed by atoms with E-state index in [1.165, 1.54) is 0 Å². The Morgan fingerprint density at radius 3 is 1.43 bits per heavy atom. The molecule has 0 aliphatic heterocycles. The van der Waals surface area contributed by atoms with Crippen molar-refractivity contribution in [3.63, 3.8) is 0 Å². The first-order valence-electron chi connectivity index (χ1n) is 9.14. The molecule has 158 valence electrons. The van der Waals surface area contributed by atoms with Gasteiger partial charge in [-0.25, -0.2) is 19.2 Å². The van der Waals surface area contributed by atoms with Crippen LogP contribution in [0.4, 0.5) is 0 Å². The van der Waals surface area contributed by atoms with E-state index in [0.29, 0.717) is 6.42 Å². The monoisotopic (exact) mass is 398 g/mol. The Labute approximate surface area is 165 Å². The molecular weight excluding hydrogens is 368 g/mol. The van der Waals surface area contributed by atoms with Crippen LogP contribution >= 0.6 is 0 Å². The molecule has 0 aromatic rings. The molecule has 0 saturated carbocycles. The molecular formula is C20H30O8. The third-order valence-corrected chi connectivity index (χ3v) is 2.84. The summed E-state index contributed by atoms with van der Waals surface area (Å²) in [5.41, 5.74) is 0. The number of carbonyl (C=O) groups is 4. The maximum atomic E-state index is 11.9. The molecule has 0 spiro atoms. The van der Waals surface area contributed by atoms with Crippen molar-refractivity contribution in [1.82, 2.24) is 0 Å². The van der Waals surface area contributed by atoms with Gasteiger partial charge in [0.25, 0.3) is 0 Å². The van der Waals surface area contributed by atoms with Gasteiger partial charge in [-0.15, -0.1) is 0 Å². The van der Waals surface area contributed by atoms with Gasteiger partial charge in [0, 0.05) is 24.3 Å². The Bertz CT molecular complexity index is 587. The largest absolute Gasteiger partial charge is 0.460 e. The summed E-state index contributed by atoms with van der Waals surface area (Å²) in [6, 6.07) is 0. The van der Waals surface area contributed by atoms with Crippen molar-refractivity contribution in [1.29, 1.82) is 0 Å². The summed E-state index contributed by atoms with van der Waals surface area (Å²) in [7, 11) is 0. The molecule has 8 heteroatoms. The van der Waals surface area contributed by atoms with Crippen molar-refractivity contribution >= 4 is 23.9 Å². The second-order valence-corrected chi connectivity index (χ2v) is 6.96. The van der Waals surface area contributed by atoms with E-state index in [0.717, 1.165) is 24.3 Å². The Morgan fingerprint density at radius 2 is 1.04 bits per heavy atom. The van der Waals surface area contributed by atoms with Gasteiger partial charge in [-0.2, -0.15) is 0 Å². The summed E-state index contributed by atoms with van der Waals surface area (Å²) < 4.78 is 20.0. The smallest absolute Gasteiger partial charge is 0.331 e. The van der Waals surface area contributed by atoms with Crippen LogP contribution in [0.15, 0.2) is 24.3 Å². The zero-order valence-electron chi connectivity index (χ0n) is 17.3. The van der Waals surface area contributed by atoms with Crippen molar-refractivity contribution in [2.24, 2.45) is 5.92 Å². The van der Waals surface area contributed by atoms with E-state index in [1.807, 2.05) is 13.8 Å². The molecule has 0 rings (SSSR count). The number of esters is 4. The number of hydrogen-bond donors (Lipinski definition) is 0. The Hall–Kier alpha value is -2.64. The average molecular weight is 398 g/mol. The minimum Gasteiger partial charge on any atom is -0.460 e. The van der Waals surface area contributed by atoms with Gasteiger partial charge >= 0.3 is 23.9 Å². The maximum absolute atomic E-state index is 11.9. The molecule has 0 fully saturated rings. The Balaban J connectivity index is 4.62. The molecule has 0 aliphatic carbocycles. The lowest BCUT2D eigenvalue weighted by Crippen LogP contribution is -2.26. The molecule has 0 bridgehead atoms. The number of hydrogen-bond acceptors (Lipinski definition) is 8. The predicted molar refractivity (Wildman–Crippen MR) is 101 cm³/mol. The topological polar surface area (TPSA) is 105 Å². The van der Waals surface area contributed by atoms with Gasteiger partial charge < -0.3 is 18.9 Å². The van der Waals surface area contributed by atoms with Gasteiger partial charge in [0.15, 0.2) is 0 Å². The second-order valence-electron chi connectivity index (χ2n) is 6.96. The van der Waals surface area contributed by atoms with Crippen LogP contribution in [0.1, 0.15) is 48.0 Å². The van der Waals surface area contributed by atoms with E-state index in [1.54, 1.807) is 27.7 Å². The first kappa shape index (κ1) is 25.4. The Morgan fingerprint density at radius 1 is 0.643 bits per heavy atom. The third-order valence-electron chi connectivity index (χ3n) is 2.84. The van der Waals surface area contributed by atoms with Gasteiger partial charge in [0.05, 0.1) is 12.2 Å². The highest BCUT2D eigenvalue weighted by atomic mass is 16.6. The quantitative estimate of drug-likeness (QED) is 0.297. The molecule has 0 aromatic heterocycles. The molecule has 0 amide bonds. The molecule has 1 unspecified atom stereocenters. The van der Waals surface area contributed by atoms with Crippen LogP contribution in [-0.4, -0.2) is 48.8 Å². The fourth-order valence-electron chi connectivity index (χ4n) is 1.92. The summed E-state index contributed by atoms with van der Waals surface area (Å²) >= 11 is 0. The van der Waals surface area contributed by atoms with Gasteiger partial charge in [-0.3, -0.25) is 0 Å². The van der Waals surface area contributed by atoms with Crippen molar-refractivity contribution in [2.45, 2.75) is 66.3 Å². The fourth-order valence-corrected chi connectivity index (χ4v) is 1.92. The number of ether oxygens (including phenoxy) is 4. The minimum absolute atomic E-state index is 0.169. The lowest BCUT2D eigenvalue weighted by Gasteiger charge is -2.18. The summed E-state index contributed by atoms with van der Waals surface area (Å²) in [4.78, 5) is 46.3. The molecule has 0 aliphatic rings. The molecule has 0 radical (unpaired) electrons. The SMILES string of the molecule is CC(C)CC(COC(=O)/C=C/C(=O)OC(C)C)OC(=O)/C=C/C(=O)OC(C)C. The van der Waals surface area contributed by atoms with Crippen LogP contribution in [-0.2, 0) is 38.1 Å². The zero-order chi connectivity index (χ0) is 21.7. The van der Waals surface area contributed by atoms with E-state index in [2.05, 4.69) is 0 Å². The molecule has 8 nitrogen and oxygen atoms in total. The first-order valence-corrected chi connectivity index (χ1v) is 9.14. The van der Waals surface area contributed by atoms with E-state index >= 15 is 0 Å². The zero-order valence-corrected chi connectivity index (χ0v) is 17.3. The van der Waals surface area contributed by atoms with Gasteiger partial charge in [0.1, 0.15) is 12.7 Å². The molecule has 0 N–H and O–H groups in total.